The number of hydrogen-bond acceptors (Lipinski definition) is 4. The van der Waals surface area contributed by atoms with E-state index in [0.29, 0.717) is 0 Å². The lowest BCUT2D eigenvalue weighted by Gasteiger charge is -1.83. The highest BCUT2D eigenvalue weighted by Crippen LogP contribution is 2.04. The van der Waals surface area contributed by atoms with Crippen LogP contribution < -0.4 is 0 Å². The molecule has 8 nitrogen and oxygen atoms in total. The summed E-state index contributed by atoms with van der Waals surface area (Å²) < 4.78 is 0. The van der Waals surface area contributed by atoms with E-state index in [-0.39, 0.29) is 18.2 Å². The third kappa shape index (κ3) is 2.51. The minimum absolute atomic E-state index is 0.00496. The zero-order valence-corrected chi connectivity index (χ0v) is 6.84. The Balaban J connectivity index is 2.71. The van der Waals surface area contributed by atoms with Gasteiger partial charge in [0.1, 0.15) is 6.20 Å². The molecule has 1 aromatic heterocycles. The summed E-state index contributed by atoms with van der Waals surface area (Å²) in [5, 5.41) is 13.4. The molecule has 1 N–H and O–H groups in total. The molecule has 0 atom stereocenters. The fraction of sp³-hybridized carbons (Fsp3) is 0.167. The summed E-state index contributed by atoms with van der Waals surface area (Å²) in [6, 6.07) is 0. The van der Waals surface area contributed by atoms with E-state index in [1.807, 2.05) is 0 Å². The lowest BCUT2D eigenvalue weighted by Crippen LogP contribution is -1.87. The Morgan fingerprint density at radius 3 is 3.21 bits per heavy atom. The highest BCUT2D eigenvalue weighted by Gasteiger charge is 2.06. The zero-order valence-electron chi connectivity index (χ0n) is 6.84. The number of H-pyrrole nitrogens is 1. The molecule has 1 rings (SSSR count). The zero-order chi connectivity index (χ0) is 10.4. The van der Waals surface area contributed by atoms with Crippen molar-refractivity contribution in [2.45, 2.75) is 0 Å². The highest BCUT2D eigenvalue weighted by atomic mass is 16.6. The second-order valence-corrected chi connectivity index (χ2v) is 2.06. The number of aromatic amines is 1. The molecule has 70 valence electrons. The average Bonchev–Trinajstić information content (AvgIpc) is 2.61. The third-order valence-corrected chi connectivity index (χ3v) is 1.18. The molecular formula is C6H4N6O2. The summed E-state index contributed by atoms with van der Waals surface area (Å²) in [6.45, 7) is 0.00496. The Kier molecular flexibility index (Phi) is 3.07. The van der Waals surface area contributed by atoms with E-state index in [0.717, 1.165) is 6.20 Å². The minimum atomic E-state index is -0.606. The number of nitro groups is 1. The first kappa shape index (κ1) is 9.57. The summed E-state index contributed by atoms with van der Waals surface area (Å²) in [5.41, 5.74) is 7.92. The molecule has 1 heterocycles. The van der Waals surface area contributed by atoms with Crippen LogP contribution in [0.3, 0.4) is 0 Å². The van der Waals surface area contributed by atoms with Crippen LogP contribution >= 0.6 is 0 Å². The van der Waals surface area contributed by atoms with Crippen LogP contribution in [-0.2, 0) is 0 Å². The first-order valence-corrected chi connectivity index (χ1v) is 3.43. The maximum Gasteiger partial charge on any atom is 0.341 e. The predicted molar refractivity (Wildman–Crippen MR) is 46.1 cm³/mol. The van der Waals surface area contributed by atoms with Crippen LogP contribution in [0.4, 0.5) is 5.82 Å². The normalized spacial score (nSPS) is 8.29. The quantitative estimate of drug-likeness (QED) is 0.187. The van der Waals surface area contributed by atoms with E-state index in [1.54, 1.807) is 0 Å². The smallest absolute Gasteiger partial charge is 0.341 e. The van der Waals surface area contributed by atoms with Crippen molar-refractivity contribution in [1.29, 1.82) is 0 Å². The first-order valence-electron chi connectivity index (χ1n) is 3.43. The average molecular weight is 192 g/mol. The maximum atomic E-state index is 10.2. The van der Waals surface area contributed by atoms with Crippen LogP contribution in [-0.4, -0.2) is 21.4 Å². The van der Waals surface area contributed by atoms with E-state index < -0.39 is 4.92 Å². The lowest BCUT2D eigenvalue weighted by atomic mass is 10.5. The monoisotopic (exact) mass is 192 g/mol. The maximum absolute atomic E-state index is 10.2. The number of hydrogen-bond donors (Lipinski definition) is 1. The predicted octanol–water partition coefficient (Wildman–Crippen LogP) is 0.980. The van der Waals surface area contributed by atoms with Crippen LogP contribution in [0.1, 0.15) is 5.82 Å². The minimum Gasteiger partial charge on any atom is -0.358 e. The Labute approximate surface area is 77.7 Å². The molecule has 1 aromatic rings. The fourth-order valence-electron chi connectivity index (χ4n) is 0.658. The largest absolute Gasteiger partial charge is 0.358 e. The summed E-state index contributed by atoms with van der Waals surface area (Å²) in [4.78, 5) is 18.1. The highest BCUT2D eigenvalue weighted by molar-refractivity contribution is 5.27. The Bertz CT molecular complexity index is 446. The first-order chi connectivity index (χ1) is 6.74. The van der Waals surface area contributed by atoms with Gasteiger partial charge in [0.15, 0.2) is 0 Å². The van der Waals surface area contributed by atoms with Crippen LogP contribution in [0.25, 0.3) is 10.4 Å². The van der Waals surface area contributed by atoms with Crippen molar-refractivity contribution in [3.63, 3.8) is 0 Å². The molecule has 0 aliphatic rings. The van der Waals surface area contributed by atoms with Gasteiger partial charge in [-0.15, -0.1) is 0 Å². The van der Waals surface area contributed by atoms with E-state index in [4.69, 9.17) is 5.53 Å². The molecule has 0 aliphatic heterocycles. The molecule has 0 radical (unpaired) electrons. The van der Waals surface area contributed by atoms with Gasteiger partial charge in [-0.1, -0.05) is 11.0 Å². The van der Waals surface area contributed by atoms with E-state index in [1.165, 1.54) is 0 Å². The van der Waals surface area contributed by atoms with Crippen molar-refractivity contribution >= 4 is 5.82 Å². The van der Waals surface area contributed by atoms with Crippen molar-refractivity contribution in [2.75, 3.05) is 6.54 Å². The Morgan fingerprint density at radius 1 is 1.86 bits per heavy atom. The van der Waals surface area contributed by atoms with Crippen LogP contribution in [0, 0.1) is 22.0 Å². The summed E-state index contributed by atoms with van der Waals surface area (Å²) in [6.07, 6.45) is 1.07. The molecule has 0 fully saturated rings. The standard InChI is InChI=1S/C6H4N6O2/c7-11-9-3-1-2-5-8-4-6(10-5)12(13)14/h4H,3H2,(H,8,10). The molecule has 0 spiro atoms. The van der Waals surface area contributed by atoms with Gasteiger partial charge in [0.05, 0.1) is 6.54 Å². The lowest BCUT2D eigenvalue weighted by molar-refractivity contribution is -0.389. The van der Waals surface area contributed by atoms with Gasteiger partial charge in [-0.05, 0) is 16.4 Å². The number of nitrogens with zero attached hydrogens (tertiary/aromatic N) is 5. The van der Waals surface area contributed by atoms with E-state index in [2.05, 4.69) is 31.8 Å². The van der Waals surface area contributed by atoms with Crippen LogP contribution in [0.15, 0.2) is 11.3 Å². The van der Waals surface area contributed by atoms with Gasteiger partial charge in [0.2, 0.25) is 0 Å². The number of azide groups is 1. The van der Waals surface area contributed by atoms with Gasteiger partial charge in [0.25, 0.3) is 5.82 Å². The molecule has 8 heteroatoms. The SMILES string of the molecule is [N-]=[N+]=NCC#Cc1ncc([N+](=O)[O-])[nH]1. The summed E-state index contributed by atoms with van der Waals surface area (Å²) in [7, 11) is 0. The van der Waals surface area contributed by atoms with Crippen molar-refractivity contribution in [2.24, 2.45) is 5.11 Å². The van der Waals surface area contributed by atoms with Crippen molar-refractivity contribution < 1.29 is 4.92 Å². The van der Waals surface area contributed by atoms with E-state index >= 15 is 0 Å². The summed E-state index contributed by atoms with van der Waals surface area (Å²) in [5.74, 6) is 4.88. The topological polar surface area (TPSA) is 121 Å². The van der Waals surface area contributed by atoms with Crippen molar-refractivity contribution in [3.8, 4) is 11.8 Å². The second kappa shape index (κ2) is 4.49. The van der Waals surface area contributed by atoms with E-state index in [9.17, 15) is 10.1 Å². The Morgan fingerprint density at radius 2 is 2.64 bits per heavy atom. The van der Waals surface area contributed by atoms with Crippen LogP contribution in [0.5, 0.6) is 0 Å². The second-order valence-electron chi connectivity index (χ2n) is 2.06. The number of nitrogens with one attached hydrogen (secondary N) is 1. The molecular weight excluding hydrogens is 188 g/mol. The van der Waals surface area contributed by atoms with Gasteiger partial charge in [-0.25, -0.2) is 9.97 Å². The Hall–Kier alpha value is -2.52. The molecule has 0 unspecified atom stereocenters. The molecule has 0 bridgehead atoms. The van der Waals surface area contributed by atoms with Gasteiger partial charge < -0.3 is 10.1 Å². The summed E-state index contributed by atoms with van der Waals surface area (Å²) >= 11 is 0. The fourth-order valence-corrected chi connectivity index (χ4v) is 0.658. The van der Waals surface area contributed by atoms with Crippen molar-refractivity contribution in [3.05, 3.63) is 32.6 Å². The number of imidazole rings is 1. The molecule has 0 aromatic carbocycles. The van der Waals surface area contributed by atoms with Crippen molar-refractivity contribution in [1.82, 2.24) is 9.97 Å². The van der Waals surface area contributed by atoms with Gasteiger partial charge >= 0.3 is 5.82 Å². The molecule has 14 heavy (non-hydrogen) atoms. The van der Waals surface area contributed by atoms with Crippen LogP contribution in [0.2, 0.25) is 0 Å². The molecule has 0 amide bonds. The number of aromatic nitrogens is 2. The molecule has 0 aliphatic carbocycles. The van der Waals surface area contributed by atoms with Gasteiger partial charge in [0, 0.05) is 4.91 Å². The number of rotatable bonds is 2. The van der Waals surface area contributed by atoms with Gasteiger partial charge in [-0.2, -0.15) is 0 Å². The van der Waals surface area contributed by atoms with Gasteiger partial charge in [-0.3, -0.25) is 0 Å². The molecule has 0 saturated heterocycles. The third-order valence-electron chi connectivity index (χ3n) is 1.18. The molecule has 0 saturated carbocycles.